The predicted molar refractivity (Wildman–Crippen MR) is 437 cm³/mol. The Labute approximate surface area is 640 Å². The Balaban J connectivity index is 0.767. The number of aromatic nitrogens is 2. The van der Waals surface area contributed by atoms with Crippen LogP contribution in [0.3, 0.4) is 0 Å². The summed E-state index contributed by atoms with van der Waals surface area (Å²) < 4.78 is 4.70. The number of fused-ring (bicyclic) bond motifs is 1. The number of nitrogens with one attached hydrogen (secondary N) is 3. The van der Waals surface area contributed by atoms with Gasteiger partial charge in [-0.05, 0) is 254 Å². The number of unbranched alkanes of at least 4 members (excludes halogenated alkanes) is 4. The summed E-state index contributed by atoms with van der Waals surface area (Å²) in [6, 6.07) is 68.6. The van der Waals surface area contributed by atoms with Gasteiger partial charge in [0, 0.05) is 125 Å². The molecule has 7 heterocycles. The topological polar surface area (TPSA) is 247 Å². The van der Waals surface area contributed by atoms with Crippen molar-refractivity contribution in [1.82, 2.24) is 19.8 Å². The van der Waals surface area contributed by atoms with E-state index >= 15 is 0 Å². The summed E-state index contributed by atoms with van der Waals surface area (Å²) in [6.07, 6.45) is 15.2. The van der Waals surface area contributed by atoms with E-state index in [9.17, 15) is 24.6 Å². The highest BCUT2D eigenvalue weighted by molar-refractivity contribution is 7.78. The molecule has 0 radical (unpaired) electrons. The summed E-state index contributed by atoms with van der Waals surface area (Å²) in [5.74, 6) is -1.01. The fourth-order valence-electron chi connectivity index (χ4n) is 13.7. The zero-order valence-electron chi connectivity index (χ0n) is 58.4. The van der Waals surface area contributed by atoms with Gasteiger partial charge in [-0.25, -0.2) is 4.40 Å². The lowest BCUT2D eigenvalue weighted by Gasteiger charge is -2.26. The second kappa shape index (κ2) is 34.2. The number of hydrogen-bond donors (Lipinski definition) is 4. The van der Waals surface area contributed by atoms with Crippen molar-refractivity contribution in [2.75, 3.05) is 36.0 Å². The van der Waals surface area contributed by atoms with Gasteiger partial charge in [0.05, 0.1) is 37.9 Å². The first-order valence-corrected chi connectivity index (χ1v) is 39.4. The number of imide groups is 2. The van der Waals surface area contributed by atoms with Gasteiger partial charge in [0.1, 0.15) is 5.36 Å². The highest BCUT2D eigenvalue weighted by Gasteiger charge is 2.29. The van der Waals surface area contributed by atoms with Crippen LogP contribution >= 0.6 is 58.2 Å². The fraction of sp³-hybridized carbons (Fsp3) is 0.190. The minimum atomic E-state index is -0.252. The van der Waals surface area contributed by atoms with E-state index in [0.29, 0.717) is 49.9 Å². The van der Waals surface area contributed by atoms with Crippen molar-refractivity contribution in [1.29, 1.82) is 5.41 Å². The largest absolute Gasteiger partial charge is 0.350 e. The van der Waals surface area contributed by atoms with E-state index in [-0.39, 0.29) is 29.0 Å². The Hall–Kier alpha value is -11.4. The molecule has 0 fully saturated rings. The van der Waals surface area contributed by atoms with Crippen LogP contribution in [0.15, 0.2) is 244 Å². The third-order valence-corrected chi connectivity index (χ3v) is 23.5. The molecule has 18 nitrogen and oxygen atoms in total. The van der Waals surface area contributed by atoms with Gasteiger partial charge in [0.2, 0.25) is 0 Å². The van der Waals surface area contributed by atoms with Gasteiger partial charge in [0.15, 0.2) is 0 Å². The second-order valence-electron chi connectivity index (χ2n) is 26.1. The average molecular weight is 1500 g/mol. The number of rotatable bonds is 32. The van der Waals surface area contributed by atoms with E-state index < -0.39 is 0 Å². The first kappa shape index (κ1) is 72.6. The molecule has 0 atom stereocenters. The molecule has 0 spiro atoms. The van der Waals surface area contributed by atoms with Crippen LogP contribution in [0.4, 0.5) is 34.1 Å². The molecule has 0 unspecified atom stereocenters. The summed E-state index contributed by atoms with van der Waals surface area (Å²) in [5.41, 5.74) is 35.1. The molecule has 4 aliphatic rings. The first-order valence-electron chi connectivity index (χ1n) is 35.6. The highest BCUT2D eigenvalue weighted by Crippen LogP contribution is 2.47. The second-order valence-corrected chi connectivity index (χ2v) is 30.4. The number of azide groups is 2. The summed E-state index contributed by atoms with van der Waals surface area (Å²) >= 11 is 11.3. The molecule has 534 valence electrons. The Kier molecular flexibility index (Phi) is 23.2. The van der Waals surface area contributed by atoms with E-state index in [4.69, 9.17) is 28.3 Å². The van der Waals surface area contributed by atoms with Crippen LogP contribution in [0.1, 0.15) is 73.6 Å². The minimum absolute atomic E-state index is 0.238. The molecule has 1 aliphatic carbocycles. The SMILES string of the molecule is [N-]=[N+]=NCCCCc1ccc(N(c2ccc(CCCCN3C(=O)C=CC3=O)cc2)c2ccc(-c3ccc(-c4c5[nH]c(-c6cccs6)c(-c6cccs6)[nH]c-5c(-c5ccc(-c6ccc(N(c7ccc(CCCCN=[N+]=[N-])cc7)c7ccc(CCCCN8C(=O)C=CC8=O)cc7)cc6)s5)c(=NS)c4=N)s3)cc2)cc1. The van der Waals surface area contributed by atoms with Crippen molar-refractivity contribution >= 4 is 116 Å². The van der Waals surface area contributed by atoms with Gasteiger partial charge in [-0.15, -0.1) is 45.3 Å². The molecule has 4 amide bonds. The maximum Gasteiger partial charge on any atom is 0.253 e. The van der Waals surface area contributed by atoms with E-state index in [0.717, 1.165) is 178 Å². The van der Waals surface area contributed by atoms with Crippen molar-refractivity contribution in [3.8, 4) is 74.3 Å². The number of amides is 4. The maximum atomic E-state index is 12.2. The van der Waals surface area contributed by atoms with Gasteiger partial charge in [-0.1, -0.05) is 95.2 Å². The normalized spacial score (nSPS) is 12.8. The van der Waals surface area contributed by atoms with Crippen LogP contribution in [0.5, 0.6) is 0 Å². The number of nitrogens with zero attached hydrogens (tertiary/aromatic N) is 11. The first-order chi connectivity index (χ1) is 52.5. The molecule has 4 aromatic heterocycles. The molecule has 3 aliphatic heterocycles. The Morgan fingerprint density at radius 1 is 0.393 bits per heavy atom. The average Bonchev–Trinajstić information content (AvgIpc) is 1.72. The molecule has 14 rings (SSSR count). The van der Waals surface area contributed by atoms with E-state index in [1.165, 1.54) is 45.2 Å². The van der Waals surface area contributed by atoms with E-state index in [1.54, 1.807) is 45.3 Å². The van der Waals surface area contributed by atoms with Crippen molar-refractivity contribution < 1.29 is 19.2 Å². The summed E-state index contributed by atoms with van der Waals surface area (Å²) in [4.78, 5) is 75.4. The van der Waals surface area contributed by atoms with E-state index in [1.807, 2.05) is 0 Å². The number of aromatic amines is 2. The monoisotopic (exact) mass is 1500 g/mol. The van der Waals surface area contributed by atoms with Crippen LogP contribution in [-0.2, 0) is 44.9 Å². The Morgan fingerprint density at radius 2 is 0.720 bits per heavy atom. The highest BCUT2D eigenvalue weighted by atomic mass is 32.1. The lowest BCUT2D eigenvalue weighted by molar-refractivity contribution is -0.138. The van der Waals surface area contributed by atoms with Gasteiger partial charge in [0.25, 0.3) is 23.6 Å². The van der Waals surface area contributed by atoms with Crippen LogP contribution in [-0.4, -0.2) is 69.6 Å². The molecule has 107 heavy (non-hydrogen) atoms. The zero-order valence-corrected chi connectivity index (χ0v) is 62.5. The van der Waals surface area contributed by atoms with Crippen LogP contribution in [0, 0.1) is 5.41 Å². The van der Waals surface area contributed by atoms with E-state index in [2.05, 4.69) is 245 Å². The Morgan fingerprint density at radius 3 is 1.06 bits per heavy atom. The number of benzene rings is 7. The number of aryl methyl sites for hydroxylation is 4. The maximum absolute atomic E-state index is 12.2. The molecular weight excluding hydrogens is 1430 g/mol. The van der Waals surface area contributed by atoms with Gasteiger partial charge < -0.3 is 19.8 Å². The minimum Gasteiger partial charge on any atom is -0.350 e. The molecule has 23 heteroatoms. The quantitative estimate of drug-likeness (QED) is 0.00797. The molecule has 0 bridgehead atoms. The lowest BCUT2D eigenvalue weighted by Crippen LogP contribution is -2.30. The number of H-pyrrole nitrogens is 2. The number of hydrogen-bond acceptors (Lipinski definition) is 15. The third-order valence-electron chi connectivity index (χ3n) is 19.2. The third kappa shape index (κ3) is 16.7. The van der Waals surface area contributed by atoms with Crippen molar-refractivity contribution in [2.24, 2.45) is 14.6 Å². The van der Waals surface area contributed by atoms with Gasteiger partial charge >= 0.3 is 0 Å². The molecular formula is C84H74N14O4S5. The van der Waals surface area contributed by atoms with Crippen LogP contribution < -0.4 is 20.5 Å². The predicted octanol–water partition coefficient (Wildman–Crippen LogP) is 21.6. The number of anilines is 6. The van der Waals surface area contributed by atoms with Gasteiger partial charge in [-0.2, -0.15) is 0 Å². The Bertz CT molecular complexity index is 5400. The molecule has 6 aromatic carbocycles. The summed E-state index contributed by atoms with van der Waals surface area (Å²) in [6.45, 7) is 1.76. The smallest absolute Gasteiger partial charge is 0.253 e. The molecule has 0 saturated carbocycles. The van der Waals surface area contributed by atoms with Crippen molar-refractivity contribution in [3.63, 3.8) is 0 Å². The summed E-state index contributed by atoms with van der Waals surface area (Å²) in [5, 5.41) is 22.6. The summed E-state index contributed by atoms with van der Waals surface area (Å²) in [7, 11) is 0. The molecule has 10 aromatic rings. The molecule has 3 N–H and O–H groups in total. The number of carbonyl (C=O) groups excluding carboxylic acids is 4. The lowest BCUT2D eigenvalue weighted by atomic mass is 9.97. The number of thiol groups is 1. The van der Waals surface area contributed by atoms with Crippen LogP contribution in [0.2, 0.25) is 0 Å². The van der Waals surface area contributed by atoms with Crippen molar-refractivity contribution in [3.05, 3.63) is 283 Å². The van der Waals surface area contributed by atoms with Gasteiger partial charge in [-0.3, -0.25) is 34.4 Å². The molecule has 0 saturated heterocycles. The number of thiophene rings is 4. The van der Waals surface area contributed by atoms with Crippen molar-refractivity contribution in [2.45, 2.75) is 77.0 Å². The van der Waals surface area contributed by atoms with Crippen LogP contribution in [0.25, 0.3) is 95.2 Å². The fourth-order valence-corrected chi connectivity index (χ4v) is 17.5. The zero-order chi connectivity index (χ0) is 73.6. The number of carbonyl (C=O) groups is 4. The standard InChI is InChI=1S/C84H74N14O4S5/c85-79-77(69-43-41-67(106-69)59-25-37-65(38-26-59)97(61-29-17-55(18-30-61)11-1-5-49-88-93-86)63-33-21-57(22-34-63)13-3-7-51-95-73(99)45-46-74(95)100)83-84(91-81(72-16-10-54-105-72)80(90-83)71-15-9-53-104-71)78(82(79)92-103)70-44-42-68(107-70)60-27-39-66(40-28-60)98(62-31-19-56(20-32-62)12-2-6-50-89-94-87)64-35-23-58(24-36-64)14-4-8-52-96-75(101)47-48-76(96)102/h9-10,15-48,53-54,85,90-91,103H,1-8,11-14,49-52H2.